The normalized spacial score (nSPS) is 12.2. The van der Waals surface area contributed by atoms with E-state index in [0.29, 0.717) is 11.4 Å². The van der Waals surface area contributed by atoms with Crippen LogP contribution in [0.4, 0.5) is 19.8 Å². The molecule has 0 radical (unpaired) electrons. The molecule has 1 heterocycles. The summed E-state index contributed by atoms with van der Waals surface area (Å²) in [4.78, 5) is 30.7. The Bertz CT molecular complexity index is 1200. The minimum atomic E-state index is -1.13. The molecule has 3 amide bonds. The number of carbonyl (C=O) groups excluding carboxylic acids is 2. The van der Waals surface area contributed by atoms with Crippen molar-refractivity contribution in [2.24, 2.45) is 0 Å². The van der Waals surface area contributed by atoms with Gasteiger partial charge in [0.2, 0.25) is 0 Å². The van der Waals surface area contributed by atoms with Crippen molar-refractivity contribution < 1.29 is 23.8 Å². The molecule has 35 heavy (non-hydrogen) atoms. The minimum absolute atomic E-state index is 0.0759. The van der Waals surface area contributed by atoms with E-state index >= 15 is 0 Å². The first-order chi connectivity index (χ1) is 16.5. The standard InChI is InChI=1S/C25H28ClFN4O4/c1-25(2,34)12-20(31(3)23(32)29-14-18-8-9-19(27)11-21(18)26)15-35-24(33)30-22-10-16-6-4-5-7-17(16)13-28-22/h4-11,13,20,34H,12,14-15H2,1-3H3,(H,29,32)(H,28,30,33)/t20-/m0/s1. The number of pyridine rings is 1. The average molecular weight is 503 g/mol. The van der Waals surface area contributed by atoms with Crippen molar-refractivity contribution in [3.63, 3.8) is 0 Å². The van der Waals surface area contributed by atoms with Gasteiger partial charge in [0, 0.05) is 30.2 Å². The van der Waals surface area contributed by atoms with Crippen LogP contribution >= 0.6 is 11.6 Å². The molecule has 0 aliphatic heterocycles. The van der Waals surface area contributed by atoms with Crippen molar-refractivity contribution in [1.82, 2.24) is 15.2 Å². The van der Waals surface area contributed by atoms with Gasteiger partial charge >= 0.3 is 12.1 Å². The zero-order chi connectivity index (χ0) is 25.6. The van der Waals surface area contributed by atoms with Crippen molar-refractivity contribution in [2.75, 3.05) is 19.0 Å². The molecule has 1 atom stereocenters. The highest BCUT2D eigenvalue weighted by Gasteiger charge is 2.28. The number of carbonyl (C=O) groups is 2. The average Bonchev–Trinajstić information content (AvgIpc) is 2.79. The Morgan fingerprint density at radius 2 is 1.91 bits per heavy atom. The van der Waals surface area contributed by atoms with E-state index in [1.165, 1.54) is 30.1 Å². The summed E-state index contributed by atoms with van der Waals surface area (Å²) < 4.78 is 18.6. The number of nitrogens with one attached hydrogen (secondary N) is 2. The van der Waals surface area contributed by atoms with Crippen LogP contribution in [0.2, 0.25) is 5.02 Å². The lowest BCUT2D eigenvalue weighted by Gasteiger charge is -2.32. The van der Waals surface area contributed by atoms with Crippen molar-refractivity contribution in [3.05, 3.63) is 71.1 Å². The van der Waals surface area contributed by atoms with Gasteiger partial charge in [-0.15, -0.1) is 0 Å². The third-order valence-electron chi connectivity index (χ3n) is 5.32. The first-order valence-electron chi connectivity index (χ1n) is 11.0. The number of amides is 3. The number of hydrogen-bond acceptors (Lipinski definition) is 5. The molecular weight excluding hydrogens is 475 g/mol. The third kappa shape index (κ3) is 7.80. The molecule has 10 heteroatoms. The van der Waals surface area contributed by atoms with Crippen LogP contribution in [0.15, 0.2) is 54.7 Å². The number of ether oxygens (including phenoxy) is 1. The van der Waals surface area contributed by atoms with Gasteiger partial charge in [-0.05, 0) is 49.4 Å². The molecule has 186 valence electrons. The van der Waals surface area contributed by atoms with E-state index in [2.05, 4.69) is 15.6 Å². The monoisotopic (exact) mass is 502 g/mol. The van der Waals surface area contributed by atoms with Gasteiger partial charge < -0.3 is 20.1 Å². The quantitative estimate of drug-likeness (QED) is 0.404. The molecule has 0 spiro atoms. The summed E-state index contributed by atoms with van der Waals surface area (Å²) in [5, 5.41) is 17.6. The van der Waals surface area contributed by atoms with E-state index in [1.807, 2.05) is 24.3 Å². The van der Waals surface area contributed by atoms with E-state index in [1.54, 1.807) is 26.1 Å². The molecule has 0 unspecified atom stereocenters. The van der Waals surface area contributed by atoms with Gasteiger partial charge in [0.15, 0.2) is 0 Å². The Labute approximate surface area is 208 Å². The van der Waals surface area contributed by atoms with Crippen LogP contribution in [0.3, 0.4) is 0 Å². The minimum Gasteiger partial charge on any atom is -0.447 e. The van der Waals surface area contributed by atoms with Gasteiger partial charge in [-0.1, -0.05) is 41.9 Å². The van der Waals surface area contributed by atoms with E-state index in [-0.39, 0.29) is 24.6 Å². The Balaban J connectivity index is 1.60. The maximum absolute atomic E-state index is 13.2. The third-order valence-corrected chi connectivity index (χ3v) is 5.67. The summed E-state index contributed by atoms with van der Waals surface area (Å²) in [6, 6.07) is 12.1. The summed E-state index contributed by atoms with van der Waals surface area (Å²) in [5.41, 5.74) is -0.577. The summed E-state index contributed by atoms with van der Waals surface area (Å²) >= 11 is 6.02. The SMILES string of the molecule is CN(C(=O)NCc1ccc(F)cc1Cl)[C@H](COC(=O)Nc1cc2ccccc2cn1)CC(C)(C)O. The highest BCUT2D eigenvalue weighted by atomic mass is 35.5. The van der Waals surface area contributed by atoms with Crippen LogP contribution in [-0.4, -0.2) is 52.4 Å². The van der Waals surface area contributed by atoms with Crippen LogP contribution in [0.1, 0.15) is 25.8 Å². The molecule has 3 N–H and O–H groups in total. The lowest BCUT2D eigenvalue weighted by Crippen LogP contribution is -2.48. The lowest BCUT2D eigenvalue weighted by atomic mass is 9.99. The predicted octanol–water partition coefficient (Wildman–Crippen LogP) is 4.95. The van der Waals surface area contributed by atoms with Crippen molar-refractivity contribution in [1.29, 1.82) is 0 Å². The Kier molecular flexibility index (Phi) is 8.48. The lowest BCUT2D eigenvalue weighted by molar-refractivity contribution is 0.0277. The smallest absolute Gasteiger partial charge is 0.412 e. The Morgan fingerprint density at radius 3 is 2.60 bits per heavy atom. The summed E-state index contributed by atoms with van der Waals surface area (Å²) in [6.45, 7) is 3.11. The number of hydrogen-bond donors (Lipinski definition) is 3. The summed E-state index contributed by atoms with van der Waals surface area (Å²) in [7, 11) is 1.53. The number of benzene rings is 2. The maximum Gasteiger partial charge on any atom is 0.412 e. The molecule has 0 saturated carbocycles. The number of urea groups is 1. The van der Waals surface area contributed by atoms with Crippen LogP contribution < -0.4 is 10.6 Å². The topological polar surface area (TPSA) is 104 Å². The van der Waals surface area contributed by atoms with E-state index in [4.69, 9.17) is 16.3 Å². The fraction of sp³-hybridized carbons (Fsp3) is 0.320. The summed E-state index contributed by atoms with van der Waals surface area (Å²) in [6.07, 6.45) is 1.06. The number of fused-ring (bicyclic) bond motifs is 1. The number of rotatable bonds is 8. The molecule has 0 saturated heterocycles. The Morgan fingerprint density at radius 1 is 1.20 bits per heavy atom. The zero-order valence-electron chi connectivity index (χ0n) is 19.7. The predicted molar refractivity (Wildman–Crippen MR) is 133 cm³/mol. The molecular formula is C25H28ClFN4O4. The molecule has 3 rings (SSSR count). The molecule has 3 aromatic rings. The van der Waals surface area contributed by atoms with Crippen LogP contribution in [0.5, 0.6) is 0 Å². The molecule has 0 aliphatic carbocycles. The second-order valence-corrected chi connectivity index (χ2v) is 9.22. The van der Waals surface area contributed by atoms with Gasteiger partial charge in [0.05, 0.1) is 11.6 Å². The van der Waals surface area contributed by atoms with Crippen LogP contribution in [0.25, 0.3) is 10.8 Å². The number of nitrogens with zero attached hydrogens (tertiary/aromatic N) is 2. The number of anilines is 1. The van der Waals surface area contributed by atoms with E-state index < -0.39 is 29.6 Å². The van der Waals surface area contributed by atoms with Gasteiger partial charge in [0.25, 0.3) is 0 Å². The molecule has 2 aromatic carbocycles. The fourth-order valence-electron chi connectivity index (χ4n) is 3.48. The zero-order valence-corrected chi connectivity index (χ0v) is 20.5. The van der Waals surface area contributed by atoms with Crippen molar-refractivity contribution in [3.8, 4) is 0 Å². The van der Waals surface area contributed by atoms with Crippen molar-refractivity contribution >= 4 is 40.3 Å². The number of likely N-dealkylation sites (N-methyl/N-ethyl adjacent to an activating group) is 1. The molecule has 8 nitrogen and oxygen atoms in total. The number of halogens is 2. The molecule has 1 aromatic heterocycles. The first-order valence-corrected chi connectivity index (χ1v) is 11.3. The fourth-order valence-corrected chi connectivity index (χ4v) is 3.71. The first kappa shape index (κ1) is 26.2. The van der Waals surface area contributed by atoms with Crippen LogP contribution in [0, 0.1) is 5.82 Å². The van der Waals surface area contributed by atoms with Gasteiger partial charge in [-0.3, -0.25) is 5.32 Å². The highest BCUT2D eigenvalue weighted by Crippen LogP contribution is 2.19. The number of aromatic nitrogens is 1. The summed E-state index contributed by atoms with van der Waals surface area (Å²) in [5.74, 6) is -0.142. The van der Waals surface area contributed by atoms with E-state index in [9.17, 15) is 19.1 Å². The van der Waals surface area contributed by atoms with E-state index in [0.717, 1.165) is 10.8 Å². The van der Waals surface area contributed by atoms with Gasteiger partial charge in [0.1, 0.15) is 18.2 Å². The van der Waals surface area contributed by atoms with Gasteiger partial charge in [-0.25, -0.2) is 19.0 Å². The van der Waals surface area contributed by atoms with Crippen LogP contribution in [-0.2, 0) is 11.3 Å². The Hall–Kier alpha value is -3.43. The molecule has 0 fully saturated rings. The van der Waals surface area contributed by atoms with Gasteiger partial charge in [-0.2, -0.15) is 0 Å². The second kappa shape index (κ2) is 11.3. The second-order valence-electron chi connectivity index (χ2n) is 8.82. The number of aliphatic hydroxyl groups is 1. The molecule has 0 aliphatic rings. The highest BCUT2D eigenvalue weighted by molar-refractivity contribution is 6.31. The van der Waals surface area contributed by atoms with Crippen molar-refractivity contribution in [2.45, 2.75) is 38.5 Å². The molecule has 0 bridgehead atoms. The maximum atomic E-state index is 13.2. The largest absolute Gasteiger partial charge is 0.447 e.